The summed E-state index contributed by atoms with van der Waals surface area (Å²) in [7, 11) is 1.66. The average Bonchev–Trinajstić information content (AvgIpc) is 3.06. The first-order valence-corrected chi connectivity index (χ1v) is 8.96. The van der Waals surface area contributed by atoms with Crippen LogP contribution in [0.25, 0.3) is 10.9 Å². The molecule has 0 aliphatic rings. The van der Waals surface area contributed by atoms with E-state index in [-0.39, 0.29) is 5.91 Å². The number of nitrogens with two attached hydrogens (primary N) is 1. The van der Waals surface area contributed by atoms with Crippen molar-refractivity contribution in [2.75, 3.05) is 26.7 Å². The summed E-state index contributed by atoms with van der Waals surface area (Å²) in [6.07, 6.45) is 5.89. The largest absolute Gasteiger partial charge is 0.497 e. The van der Waals surface area contributed by atoms with Gasteiger partial charge in [-0.2, -0.15) is 0 Å². The van der Waals surface area contributed by atoms with Crippen LogP contribution in [-0.4, -0.2) is 50.0 Å². The number of hydrogen-bond donors (Lipinski definition) is 4. The molecule has 0 fully saturated rings. The van der Waals surface area contributed by atoms with Gasteiger partial charge in [0.05, 0.1) is 19.7 Å². The Morgan fingerprint density at radius 1 is 1.35 bits per heavy atom. The predicted molar refractivity (Wildman–Crippen MR) is 102 cm³/mol. The maximum absolute atomic E-state index is 11.8. The molecule has 26 heavy (non-hydrogen) atoms. The van der Waals surface area contributed by atoms with Gasteiger partial charge in [-0.3, -0.25) is 4.79 Å². The number of aromatic amines is 1. The molecule has 2 aromatic rings. The highest BCUT2D eigenvalue weighted by atomic mass is 16.5. The van der Waals surface area contributed by atoms with E-state index in [4.69, 9.17) is 10.5 Å². The van der Waals surface area contributed by atoms with E-state index in [1.807, 2.05) is 24.4 Å². The van der Waals surface area contributed by atoms with Crippen molar-refractivity contribution in [3.05, 3.63) is 30.0 Å². The fourth-order valence-electron chi connectivity index (χ4n) is 2.78. The zero-order valence-corrected chi connectivity index (χ0v) is 15.2. The SMILES string of the molecule is COc1ccc2[nH]cc(CCNCC(=O)NCCCCC(N)C=O)c2c1. The molecule has 2 rings (SSSR count). The van der Waals surface area contributed by atoms with Crippen molar-refractivity contribution in [2.24, 2.45) is 5.73 Å². The molecule has 1 unspecified atom stereocenters. The summed E-state index contributed by atoms with van der Waals surface area (Å²) in [6, 6.07) is 5.56. The molecule has 1 atom stereocenters. The number of rotatable bonds is 12. The Hall–Kier alpha value is -2.38. The Kier molecular flexibility index (Phi) is 8.11. The van der Waals surface area contributed by atoms with Crippen LogP contribution in [0.3, 0.4) is 0 Å². The first kappa shape index (κ1) is 19.9. The second-order valence-electron chi connectivity index (χ2n) is 6.30. The molecule has 7 heteroatoms. The molecule has 0 aliphatic heterocycles. The summed E-state index contributed by atoms with van der Waals surface area (Å²) in [5, 5.41) is 7.16. The lowest BCUT2D eigenvalue weighted by molar-refractivity contribution is -0.120. The topological polar surface area (TPSA) is 109 Å². The van der Waals surface area contributed by atoms with Crippen LogP contribution in [0.1, 0.15) is 24.8 Å². The van der Waals surface area contributed by atoms with Crippen LogP contribution in [-0.2, 0) is 16.0 Å². The van der Waals surface area contributed by atoms with E-state index in [0.717, 1.165) is 42.2 Å². The average molecular weight is 360 g/mol. The van der Waals surface area contributed by atoms with Gasteiger partial charge in [-0.15, -0.1) is 0 Å². The van der Waals surface area contributed by atoms with Gasteiger partial charge < -0.3 is 30.9 Å². The lowest BCUT2D eigenvalue weighted by Gasteiger charge is -2.07. The lowest BCUT2D eigenvalue weighted by atomic mass is 10.1. The maximum Gasteiger partial charge on any atom is 0.233 e. The van der Waals surface area contributed by atoms with Crippen molar-refractivity contribution in [3.8, 4) is 5.75 Å². The number of ether oxygens (including phenoxy) is 1. The Morgan fingerprint density at radius 3 is 2.96 bits per heavy atom. The van der Waals surface area contributed by atoms with Crippen molar-refractivity contribution >= 4 is 23.1 Å². The molecule has 1 amide bonds. The van der Waals surface area contributed by atoms with Crippen LogP contribution in [0, 0.1) is 0 Å². The summed E-state index contributed by atoms with van der Waals surface area (Å²) in [6.45, 7) is 1.61. The smallest absolute Gasteiger partial charge is 0.233 e. The van der Waals surface area contributed by atoms with Gasteiger partial charge in [0.25, 0.3) is 0 Å². The first-order valence-electron chi connectivity index (χ1n) is 8.96. The molecule has 142 valence electrons. The number of carbonyl (C=O) groups is 2. The Balaban J connectivity index is 1.63. The summed E-state index contributed by atoms with van der Waals surface area (Å²) in [5.41, 5.74) is 7.78. The van der Waals surface area contributed by atoms with Crippen LogP contribution in [0.5, 0.6) is 5.75 Å². The number of amides is 1. The molecule has 1 aromatic carbocycles. The van der Waals surface area contributed by atoms with E-state index in [2.05, 4.69) is 15.6 Å². The molecule has 0 bridgehead atoms. The van der Waals surface area contributed by atoms with Crippen LogP contribution in [0.2, 0.25) is 0 Å². The highest BCUT2D eigenvalue weighted by Crippen LogP contribution is 2.23. The van der Waals surface area contributed by atoms with Gasteiger partial charge in [0.2, 0.25) is 5.91 Å². The monoisotopic (exact) mass is 360 g/mol. The van der Waals surface area contributed by atoms with Crippen molar-refractivity contribution in [2.45, 2.75) is 31.7 Å². The van der Waals surface area contributed by atoms with Crippen LogP contribution >= 0.6 is 0 Å². The number of fused-ring (bicyclic) bond motifs is 1. The Labute approximate surface area is 153 Å². The third-order valence-corrected chi connectivity index (χ3v) is 4.29. The predicted octanol–water partition coefficient (Wildman–Crippen LogP) is 1.12. The van der Waals surface area contributed by atoms with Gasteiger partial charge in [0.1, 0.15) is 12.0 Å². The molecule has 1 heterocycles. The van der Waals surface area contributed by atoms with Gasteiger partial charge >= 0.3 is 0 Å². The second kappa shape index (κ2) is 10.6. The number of hydrogen-bond acceptors (Lipinski definition) is 5. The molecule has 1 aromatic heterocycles. The summed E-state index contributed by atoms with van der Waals surface area (Å²) in [5.74, 6) is 0.810. The van der Waals surface area contributed by atoms with Crippen LogP contribution in [0.15, 0.2) is 24.4 Å². The standard InChI is InChI=1S/C19H28N4O3/c1-26-16-5-6-18-17(10-16)14(11-23-18)7-9-21-12-19(25)22-8-3-2-4-15(20)13-24/h5-6,10-11,13,15,21,23H,2-4,7-9,12,20H2,1H3,(H,22,25). The fraction of sp³-hybridized carbons (Fsp3) is 0.474. The normalized spacial score (nSPS) is 12.1. The number of benzene rings is 1. The van der Waals surface area contributed by atoms with E-state index in [0.29, 0.717) is 26.1 Å². The molecular formula is C19H28N4O3. The highest BCUT2D eigenvalue weighted by molar-refractivity contribution is 5.84. The van der Waals surface area contributed by atoms with E-state index in [1.54, 1.807) is 7.11 Å². The number of nitrogens with one attached hydrogen (secondary N) is 3. The molecule has 0 saturated heterocycles. The Bertz CT molecular complexity index is 714. The molecule has 7 nitrogen and oxygen atoms in total. The van der Waals surface area contributed by atoms with Crippen molar-refractivity contribution in [3.63, 3.8) is 0 Å². The van der Waals surface area contributed by atoms with Crippen LogP contribution < -0.4 is 21.1 Å². The first-order chi connectivity index (χ1) is 12.6. The maximum atomic E-state index is 11.8. The van der Waals surface area contributed by atoms with Crippen molar-refractivity contribution < 1.29 is 14.3 Å². The number of aromatic nitrogens is 1. The molecule has 0 saturated carbocycles. The third-order valence-electron chi connectivity index (χ3n) is 4.29. The number of methoxy groups -OCH3 is 1. The zero-order valence-electron chi connectivity index (χ0n) is 15.2. The summed E-state index contributed by atoms with van der Waals surface area (Å²) >= 11 is 0. The van der Waals surface area contributed by atoms with Gasteiger partial charge in [0, 0.05) is 23.6 Å². The number of H-pyrrole nitrogens is 1. The fourth-order valence-corrected chi connectivity index (χ4v) is 2.78. The minimum atomic E-state index is -0.392. The van der Waals surface area contributed by atoms with Gasteiger partial charge in [0.15, 0.2) is 0 Å². The van der Waals surface area contributed by atoms with Crippen molar-refractivity contribution in [1.29, 1.82) is 0 Å². The second-order valence-corrected chi connectivity index (χ2v) is 6.30. The van der Waals surface area contributed by atoms with Gasteiger partial charge in [-0.25, -0.2) is 0 Å². The molecular weight excluding hydrogens is 332 g/mol. The Morgan fingerprint density at radius 2 is 2.19 bits per heavy atom. The van der Waals surface area contributed by atoms with E-state index in [9.17, 15) is 9.59 Å². The van der Waals surface area contributed by atoms with Gasteiger partial charge in [-0.1, -0.05) is 0 Å². The van der Waals surface area contributed by atoms with E-state index < -0.39 is 6.04 Å². The van der Waals surface area contributed by atoms with E-state index >= 15 is 0 Å². The summed E-state index contributed by atoms with van der Waals surface area (Å²) in [4.78, 5) is 25.4. The lowest BCUT2D eigenvalue weighted by Crippen LogP contribution is -2.35. The van der Waals surface area contributed by atoms with E-state index in [1.165, 1.54) is 5.56 Å². The third kappa shape index (κ3) is 6.16. The molecule has 5 N–H and O–H groups in total. The number of carbonyl (C=O) groups excluding carboxylic acids is 2. The van der Waals surface area contributed by atoms with Gasteiger partial charge in [-0.05, 0) is 56.0 Å². The minimum Gasteiger partial charge on any atom is -0.497 e. The number of unbranched alkanes of at least 4 members (excludes halogenated alkanes) is 1. The number of aldehydes is 1. The minimum absolute atomic E-state index is 0.0229. The quantitative estimate of drug-likeness (QED) is 0.335. The molecule has 0 spiro atoms. The summed E-state index contributed by atoms with van der Waals surface area (Å²) < 4.78 is 5.27. The van der Waals surface area contributed by atoms with Crippen LogP contribution in [0.4, 0.5) is 0 Å². The molecule has 0 aliphatic carbocycles. The van der Waals surface area contributed by atoms with Crippen molar-refractivity contribution in [1.82, 2.24) is 15.6 Å². The highest BCUT2D eigenvalue weighted by Gasteiger charge is 2.06. The molecule has 0 radical (unpaired) electrons. The zero-order chi connectivity index (χ0) is 18.8.